The van der Waals surface area contributed by atoms with E-state index in [9.17, 15) is 0 Å². The highest BCUT2D eigenvalue weighted by Gasteiger charge is 2.11. The van der Waals surface area contributed by atoms with Crippen LogP contribution in [0.15, 0.2) is 18.2 Å². The number of benzene rings is 1. The summed E-state index contributed by atoms with van der Waals surface area (Å²) in [4.78, 5) is 2.21. The van der Waals surface area contributed by atoms with E-state index in [1.165, 1.54) is 0 Å². The first kappa shape index (κ1) is 13.6. The van der Waals surface area contributed by atoms with Crippen molar-refractivity contribution in [3.8, 4) is 5.75 Å². The predicted molar refractivity (Wildman–Crippen MR) is 69.5 cm³/mol. The molecule has 1 aromatic carbocycles. The molecule has 16 heavy (non-hydrogen) atoms. The molecule has 0 heterocycles. The van der Waals surface area contributed by atoms with Crippen molar-refractivity contribution in [3.05, 3.63) is 28.2 Å². The van der Waals surface area contributed by atoms with Crippen LogP contribution in [0, 0.1) is 0 Å². The average Bonchev–Trinajstić information content (AvgIpc) is 2.25. The van der Waals surface area contributed by atoms with Crippen LogP contribution in [0.2, 0.25) is 10.0 Å². The van der Waals surface area contributed by atoms with Crippen LogP contribution in [0.4, 0.5) is 0 Å². The SMILES string of the molecule is CCN(CC)C(C)Oc1ccc(Cl)c(Cl)c1. The standard InChI is InChI=1S/C12H17Cl2NO/c1-4-15(5-2)9(3)16-10-6-7-11(13)12(14)8-10/h6-9H,4-5H2,1-3H3. The van der Waals surface area contributed by atoms with E-state index in [2.05, 4.69) is 18.7 Å². The molecule has 0 amide bonds. The molecule has 1 unspecified atom stereocenters. The van der Waals surface area contributed by atoms with Gasteiger partial charge in [-0.1, -0.05) is 37.0 Å². The summed E-state index contributed by atoms with van der Waals surface area (Å²) >= 11 is 11.8. The number of hydrogen-bond acceptors (Lipinski definition) is 2. The van der Waals surface area contributed by atoms with Crippen LogP contribution in [-0.2, 0) is 0 Å². The van der Waals surface area contributed by atoms with E-state index in [-0.39, 0.29) is 6.23 Å². The molecule has 0 aliphatic rings. The molecule has 1 rings (SSSR count). The molecule has 0 aliphatic heterocycles. The molecule has 0 fully saturated rings. The molecule has 1 atom stereocenters. The quantitative estimate of drug-likeness (QED) is 0.742. The zero-order valence-electron chi connectivity index (χ0n) is 9.84. The minimum atomic E-state index is 0.0345. The summed E-state index contributed by atoms with van der Waals surface area (Å²) in [5.41, 5.74) is 0. The molecule has 4 heteroatoms. The van der Waals surface area contributed by atoms with Crippen molar-refractivity contribution in [2.75, 3.05) is 13.1 Å². The van der Waals surface area contributed by atoms with E-state index in [1.807, 2.05) is 13.0 Å². The Kier molecular flexibility index (Phi) is 5.39. The summed E-state index contributed by atoms with van der Waals surface area (Å²) in [6, 6.07) is 5.31. The summed E-state index contributed by atoms with van der Waals surface area (Å²) in [6.45, 7) is 8.16. The molecule has 1 aromatic rings. The van der Waals surface area contributed by atoms with Gasteiger partial charge < -0.3 is 4.74 Å². The fraction of sp³-hybridized carbons (Fsp3) is 0.500. The van der Waals surface area contributed by atoms with Crippen LogP contribution in [0.25, 0.3) is 0 Å². The van der Waals surface area contributed by atoms with Crippen molar-refractivity contribution in [2.45, 2.75) is 27.0 Å². The van der Waals surface area contributed by atoms with Crippen LogP contribution in [0.3, 0.4) is 0 Å². The summed E-state index contributed by atoms with van der Waals surface area (Å²) < 4.78 is 5.78. The highest BCUT2D eigenvalue weighted by molar-refractivity contribution is 6.42. The number of hydrogen-bond donors (Lipinski definition) is 0. The largest absolute Gasteiger partial charge is 0.475 e. The Morgan fingerprint density at radius 1 is 1.19 bits per heavy atom. The first-order valence-electron chi connectivity index (χ1n) is 5.44. The summed E-state index contributed by atoms with van der Waals surface area (Å²) in [5, 5.41) is 1.07. The lowest BCUT2D eigenvalue weighted by Gasteiger charge is -2.26. The van der Waals surface area contributed by atoms with Gasteiger partial charge in [-0.3, -0.25) is 4.90 Å². The highest BCUT2D eigenvalue weighted by Crippen LogP contribution is 2.27. The maximum absolute atomic E-state index is 5.92. The second kappa shape index (κ2) is 6.33. The molecule has 0 spiro atoms. The first-order valence-corrected chi connectivity index (χ1v) is 6.19. The Bertz CT molecular complexity index is 340. The van der Waals surface area contributed by atoms with Gasteiger partial charge in [-0.15, -0.1) is 0 Å². The van der Waals surface area contributed by atoms with E-state index >= 15 is 0 Å². The van der Waals surface area contributed by atoms with Gasteiger partial charge in [0.15, 0.2) is 0 Å². The van der Waals surface area contributed by atoms with E-state index in [1.54, 1.807) is 12.1 Å². The van der Waals surface area contributed by atoms with Gasteiger partial charge in [0.25, 0.3) is 0 Å². The second-order valence-corrected chi connectivity index (χ2v) is 4.33. The molecule has 2 nitrogen and oxygen atoms in total. The molecule has 0 saturated carbocycles. The Hall–Kier alpha value is -0.440. The third-order valence-corrected chi connectivity index (χ3v) is 3.26. The van der Waals surface area contributed by atoms with Crippen LogP contribution < -0.4 is 4.74 Å². The number of nitrogens with zero attached hydrogens (tertiary/aromatic N) is 1. The number of rotatable bonds is 5. The van der Waals surface area contributed by atoms with Gasteiger partial charge in [0.1, 0.15) is 12.0 Å². The lowest BCUT2D eigenvalue weighted by molar-refractivity contribution is 0.0481. The number of ether oxygens (including phenoxy) is 1. The van der Waals surface area contributed by atoms with E-state index in [0.29, 0.717) is 10.0 Å². The molecular formula is C12H17Cl2NO. The molecule has 0 N–H and O–H groups in total. The molecular weight excluding hydrogens is 245 g/mol. The Balaban J connectivity index is 2.69. The molecule has 0 aliphatic carbocycles. The van der Waals surface area contributed by atoms with Gasteiger partial charge >= 0.3 is 0 Å². The van der Waals surface area contributed by atoms with Crippen molar-refractivity contribution in [1.82, 2.24) is 4.90 Å². The fourth-order valence-electron chi connectivity index (χ4n) is 1.56. The zero-order chi connectivity index (χ0) is 12.1. The van der Waals surface area contributed by atoms with E-state index < -0.39 is 0 Å². The van der Waals surface area contributed by atoms with Crippen LogP contribution in [-0.4, -0.2) is 24.2 Å². The average molecular weight is 262 g/mol. The van der Waals surface area contributed by atoms with Crippen molar-refractivity contribution in [1.29, 1.82) is 0 Å². The van der Waals surface area contributed by atoms with Gasteiger partial charge in [-0.05, 0) is 32.1 Å². The third-order valence-electron chi connectivity index (χ3n) is 2.52. The highest BCUT2D eigenvalue weighted by atomic mass is 35.5. The van der Waals surface area contributed by atoms with Crippen molar-refractivity contribution in [3.63, 3.8) is 0 Å². The minimum Gasteiger partial charge on any atom is -0.475 e. The summed E-state index contributed by atoms with van der Waals surface area (Å²) in [5.74, 6) is 0.744. The van der Waals surface area contributed by atoms with Crippen LogP contribution >= 0.6 is 23.2 Å². The Labute approximate surface area is 107 Å². The predicted octanol–water partition coefficient (Wildman–Crippen LogP) is 4.06. The van der Waals surface area contributed by atoms with Crippen LogP contribution in [0.5, 0.6) is 5.75 Å². The Morgan fingerprint density at radius 2 is 1.81 bits per heavy atom. The Morgan fingerprint density at radius 3 is 2.31 bits per heavy atom. The van der Waals surface area contributed by atoms with Crippen molar-refractivity contribution < 1.29 is 4.74 Å². The lowest BCUT2D eigenvalue weighted by atomic mass is 10.3. The maximum Gasteiger partial charge on any atom is 0.149 e. The molecule has 0 aromatic heterocycles. The van der Waals surface area contributed by atoms with E-state index in [0.717, 1.165) is 18.8 Å². The van der Waals surface area contributed by atoms with Gasteiger partial charge in [0, 0.05) is 6.07 Å². The van der Waals surface area contributed by atoms with Gasteiger partial charge in [-0.25, -0.2) is 0 Å². The smallest absolute Gasteiger partial charge is 0.149 e. The fourth-order valence-corrected chi connectivity index (χ4v) is 1.85. The monoisotopic (exact) mass is 261 g/mol. The third kappa shape index (κ3) is 3.55. The maximum atomic E-state index is 5.92. The first-order chi connectivity index (χ1) is 7.58. The zero-order valence-corrected chi connectivity index (χ0v) is 11.3. The van der Waals surface area contributed by atoms with Crippen LogP contribution in [0.1, 0.15) is 20.8 Å². The molecule has 0 bridgehead atoms. The van der Waals surface area contributed by atoms with Gasteiger partial charge in [0.05, 0.1) is 10.0 Å². The summed E-state index contributed by atoms with van der Waals surface area (Å²) in [7, 11) is 0. The minimum absolute atomic E-state index is 0.0345. The van der Waals surface area contributed by atoms with Gasteiger partial charge in [-0.2, -0.15) is 0 Å². The van der Waals surface area contributed by atoms with E-state index in [4.69, 9.17) is 27.9 Å². The van der Waals surface area contributed by atoms with Crippen molar-refractivity contribution in [2.24, 2.45) is 0 Å². The van der Waals surface area contributed by atoms with Gasteiger partial charge in [0.2, 0.25) is 0 Å². The normalized spacial score (nSPS) is 12.9. The topological polar surface area (TPSA) is 12.5 Å². The number of halogens is 2. The summed E-state index contributed by atoms with van der Waals surface area (Å²) in [6.07, 6.45) is 0.0345. The second-order valence-electron chi connectivity index (χ2n) is 3.51. The molecule has 0 radical (unpaired) electrons. The lowest BCUT2D eigenvalue weighted by Crippen LogP contribution is -2.36. The molecule has 0 saturated heterocycles. The van der Waals surface area contributed by atoms with Crippen molar-refractivity contribution >= 4 is 23.2 Å². The molecule has 90 valence electrons.